The van der Waals surface area contributed by atoms with Gasteiger partial charge in [0.2, 0.25) is 0 Å². The van der Waals surface area contributed by atoms with Gasteiger partial charge in [-0.3, -0.25) is 0 Å². The Morgan fingerprint density at radius 2 is 2.14 bits per heavy atom. The first-order valence-corrected chi connectivity index (χ1v) is 8.98. The monoisotopic (exact) mass is 403 g/mol. The topological polar surface area (TPSA) is 85.6 Å². The summed E-state index contributed by atoms with van der Waals surface area (Å²) in [7, 11) is 5.05. The first-order chi connectivity index (χ1) is 13.5. The summed E-state index contributed by atoms with van der Waals surface area (Å²) in [5.74, 6) is 0.881. The number of aromatic nitrogens is 6. The fraction of sp³-hybridized carbons (Fsp3) is 0.278. The number of rotatable bonds is 5. The summed E-state index contributed by atoms with van der Waals surface area (Å²) in [5.41, 5.74) is 1.69. The van der Waals surface area contributed by atoms with Crippen LogP contribution in [0.4, 0.5) is 4.39 Å². The molecule has 2 N–H and O–H groups in total. The van der Waals surface area contributed by atoms with Crippen LogP contribution in [-0.4, -0.2) is 43.5 Å². The zero-order chi connectivity index (χ0) is 20.0. The second-order valence-electron chi connectivity index (χ2n) is 6.40. The Morgan fingerprint density at radius 1 is 1.36 bits per heavy atom. The second kappa shape index (κ2) is 6.92. The molecule has 0 amide bonds. The Balaban J connectivity index is 2.08. The van der Waals surface area contributed by atoms with Crippen LogP contribution in [0.25, 0.3) is 28.1 Å². The number of fused-ring (bicyclic) bond motifs is 1. The minimum Gasteiger partial charge on any atom is -0.495 e. The number of benzene rings is 1. The van der Waals surface area contributed by atoms with E-state index in [4.69, 9.17) is 16.3 Å². The summed E-state index contributed by atoms with van der Waals surface area (Å²) in [6, 6.07) is 1.70. The molecule has 4 rings (SSSR count). The molecule has 0 saturated heterocycles. The van der Waals surface area contributed by atoms with E-state index < -0.39 is 5.82 Å². The third-order valence-electron chi connectivity index (χ3n) is 4.85. The molecule has 0 aliphatic rings. The van der Waals surface area contributed by atoms with Crippen molar-refractivity contribution in [1.29, 1.82) is 0 Å². The lowest BCUT2D eigenvalue weighted by molar-refractivity contribution is 0.412. The molecule has 146 valence electrons. The third-order valence-corrected chi connectivity index (χ3v) is 5.20. The predicted molar refractivity (Wildman–Crippen MR) is 104 cm³/mol. The quantitative estimate of drug-likeness (QED) is 0.534. The molecule has 0 aliphatic carbocycles. The first-order valence-electron chi connectivity index (χ1n) is 8.60. The lowest BCUT2D eigenvalue weighted by Gasteiger charge is -2.07. The number of methoxy groups -OCH3 is 1. The van der Waals surface area contributed by atoms with E-state index in [-0.39, 0.29) is 16.8 Å². The van der Waals surface area contributed by atoms with E-state index >= 15 is 4.39 Å². The average Bonchev–Trinajstić information content (AvgIpc) is 3.42. The van der Waals surface area contributed by atoms with Gasteiger partial charge in [-0.05, 0) is 20.0 Å². The predicted octanol–water partition coefficient (Wildman–Crippen LogP) is 3.23. The summed E-state index contributed by atoms with van der Waals surface area (Å²) < 4.78 is 23.9. The zero-order valence-electron chi connectivity index (χ0n) is 15.8. The van der Waals surface area contributed by atoms with Crippen LogP contribution in [0, 0.1) is 5.82 Å². The smallest absolute Gasteiger partial charge is 0.180 e. The molecule has 0 unspecified atom stereocenters. The highest BCUT2D eigenvalue weighted by molar-refractivity contribution is 6.33. The van der Waals surface area contributed by atoms with E-state index in [1.54, 1.807) is 41.0 Å². The second-order valence-corrected chi connectivity index (χ2v) is 6.78. The minimum absolute atomic E-state index is 0.0149. The van der Waals surface area contributed by atoms with Crippen LogP contribution in [-0.2, 0) is 7.05 Å². The van der Waals surface area contributed by atoms with Gasteiger partial charge in [0.05, 0.1) is 30.7 Å². The van der Waals surface area contributed by atoms with Crippen LogP contribution in [0.5, 0.6) is 5.75 Å². The number of aryl methyl sites for hydroxylation is 1. The molecule has 10 heteroatoms. The summed E-state index contributed by atoms with van der Waals surface area (Å²) >= 11 is 6.16. The van der Waals surface area contributed by atoms with Gasteiger partial charge in [0, 0.05) is 24.8 Å². The van der Waals surface area contributed by atoms with E-state index in [1.165, 1.54) is 7.11 Å². The van der Waals surface area contributed by atoms with E-state index in [1.807, 2.05) is 14.0 Å². The highest BCUT2D eigenvalue weighted by atomic mass is 35.5. The molecule has 0 aliphatic heterocycles. The summed E-state index contributed by atoms with van der Waals surface area (Å²) in [5, 5.41) is 12.2. The van der Waals surface area contributed by atoms with Crippen LogP contribution in [0.2, 0.25) is 5.02 Å². The highest BCUT2D eigenvalue weighted by Gasteiger charge is 2.26. The number of ether oxygens (including phenoxy) is 1. The summed E-state index contributed by atoms with van der Waals surface area (Å²) in [6.07, 6.45) is 5.08. The van der Waals surface area contributed by atoms with Crippen molar-refractivity contribution in [3.05, 3.63) is 41.5 Å². The number of nitrogens with zero attached hydrogens (tertiary/aromatic N) is 5. The SMILES string of the molecule is CN[C@@H](C)c1nnc(-c2c(-n3ccnc3)c3cc(OC)c(Cl)c(F)c3n2C)[nH]1. The van der Waals surface area contributed by atoms with Gasteiger partial charge < -0.3 is 24.2 Å². The van der Waals surface area contributed by atoms with Crippen LogP contribution < -0.4 is 10.1 Å². The van der Waals surface area contributed by atoms with Crippen molar-refractivity contribution >= 4 is 22.5 Å². The van der Waals surface area contributed by atoms with E-state index in [9.17, 15) is 0 Å². The first kappa shape index (κ1) is 18.5. The maximum atomic E-state index is 15.1. The molecule has 1 atom stereocenters. The molecule has 8 nitrogen and oxygen atoms in total. The fourth-order valence-electron chi connectivity index (χ4n) is 3.29. The average molecular weight is 404 g/mol. The van der Waals surface area contributed by atoms with Crippen LogP contribution in [0.15, 0.2) is 24.8 Å². The summed E-state index contributed by atoms with van der Waals surface area (Å²) in [6.45, 7) is 1.97. The number of H-pyrrole nitrogens is 1. The lowest BCUT2D eigenvalue weighted by atomic mass is 10.2. The fourth-order valence-corrected chi connectivity index (χ4v) is 3.51. The lowest BCUT2D eigenvalue weighted by Crippen LogP contribution is -2.13. The molecule has 0 radical (unpaired) electrons. The molecule has 3 heterocycles. The molecule has 3 aromatic heterocycles. The van der Waals surface area contributed by atoms with E-state index in [0.717, 1.165) is 0 Å². The molecule has 28 heavy (non-hydrogen) atoms. The Bertz CT molecular complexity index is 1150. The van der Waals surface area contributed by atoms with Gasteiger partial charge in [-0.25, -0.2) is 9.37 Å². The van der Waals surface area contributed by atoms with Gasteiger partial charge >= 0.3 is 0 Å². The van der Waals surface area contributed by atoms with Crippen molar-refractivity contribution in [2.45, 2.75) is 13.0 Å². The molecular weight excluding hydrogens is 385 g/mol. The Hall–Kier alpha value is -2.91. The van der Waals surface area contributed by atoms with Crippen LogP contribution in [0.3, 0.4) is 0 Å². The van der Waals surface area contributed by atoms with Crippen LogP contribution in [0.1, 0.15) is 18.8 Å². The minimum atomic E-state index is -0.561. The Morgan fingerprint density at radius 3 is 2.79 bits per heavy atom. The van der Waals surface area contributed by atoms with Gasteiger partial charge in [0.15, 0.2) is 11.6 Å². The normalized spacial score (nSPS) is 12.6. The third kappa shape index (κ3) is 2.66. The van der Waals surface area contributed by atoms with E-state index in [2.05, 4.69) is 25.5 Å². The van der Waals surface area contributed by atoms with Crippen molar-refractivity contribution in [3.63, 3.8) is 0 Å². The van der Waals surface area contributed by atoms with Crippen molar-refractivity contribution < 1.29 is 9.13 Å². The van der Waals surface area contributed by atoms with Crippen molar-refractivity contribution in [2.24, 2.45) is 7.05 Å². The standard InChI is InChI=1S/C18H19ClFN7O/c1-9(21-2)17-23-18(25-24-17)16-15(27-6-5-22-8-27)10-7-11(28-4)12(19)13(20)14(10)26(16)3/h5-9,21H,1-4H3,(H,23,24,25)/t9-/m0/s1. The molecular formula is C18H19ClFN7O. The maximum absolute atomic E-state index is 15.1. The van der Waals surface area contributed by atoms with Gasteiger partial charge in [0.1, 0.15) is 22.3 Å². The Labute approximate surface area is 165 Å². The van der Waals surface area contributed by atoms with Crippen molar-refractivity contribution in [2.75, 3.05) is 14.2 Å². The molecule has 4 aromatic rings. The van der Waals surface area contributed by atoms with Crippen molar-refractivity contribution in [1.82, 2.24) is 34.6 Å². The number of imidazole rings is 1. The number of nitrogens with one attached hydrogen (secondary N) is 2. The Kier molecular flexibility index (Phi) is 4.56. The van der Waals surface area contributed by atoms with E-state index in [0.29, 0.717) is 33.9 Å². The zero-order valence-corrected chi connectivity index (χ0v) is 16.5. The van der Waals surface area contributed by atoms with Gasteiger partial charge in [-0.1, -0.05) is 11.6 Å². The summed E-state index contributed by atoms with van der Waals surface area (Å²) in [4.78, 5) is 7.35. The number of hydrogen-bond donors (Lipinski definition) is 2. The van der Waals surface area contributed by atoms with Gasteiger partial charge in [-0.2, -0.15) is 0 Å². The molecule has 0 fully saturated rings. The largest absolute Gasteiger partial charge is 0.495 e. The van der Waals surface area contributed by atoms with Gasteiger partial charge in [0.25, 0.3) is 0 Å². The molecule has 0 spiro atoms. The molecule has 1 aromatic carbocycles. The molecule has 0 saturated carbocycles. The number of aromatic amines is 1. The van der Waals surface area contributed by atoms with Gasteiger partial charge in [-0.15, -0.1) is 10.2 Å². The van der Waals surface area contributed by atoms with Crippen molar-refractivity contribution in [3.8, 4) is 23.0 Å². The highest BCUT2D eigenvalue weighted by Crippen LogP contribution is 2.41. The molecule has 0 bridgehead atoms. The number of hydrogen-bond acceptors (Lipinski definition) is 5. The maximum Gasteiger partial charge on any atom is 0.180 e. The van der Waals surface area contributed by atoms with Crippen LogP contribution >= 0.6 is 11.6 Å². The number of halogens is 2.